The Morgan fingerprint density at radius 1 is 1.17 bits per heavy atom. The van der Waals surface area contributed by atoms with Gasteiger partial charge in [0.2, 0.25) is 5.91 Å². The molecular weight excluding hydrogens is 416 g/mol. The largest absolute Gasteiger partial charge is 0.457 e. The number of nitrogens with one attached hydrogen (secondary N) is 1. The Kier molecular flexibility index (Phi) is 6.31. The lowest BCUT2D eigenvalue weighted by atomic mass is 10.1. The van der Waals surface area contributed by atoms with Gasteiger partial charge in [0.1, 0.15) is 11.5 Å². The van der Waals surface area contributed by atoms with E-state index < -0.39 is 0 Å². The van der Waals surface area contributed by atoms with E-state index >= 15 is 0 Å². The topological polar surface area (TPSA) is 55.1 Å². The molecule has 0 saturated heterocycles. The minimum atomic E-state index is -0.246. The number of hydrogen-bond donors (Lipinski definition) is 1. The number of fused-ring (bicyclic) bond motifs is 1. The van der Waals surface area contributed by atoms with Gasteiger partial charge in [0.25, 0.3) is 0 Å². The van der Waals surface area contributed by atoms with E-state index in [2.05, 4.69) is 29.4 Å². The highest BCUT2D eigenvalue weighted by Crippen LogP contribution is 2.28. The molecule has 0 aliphatic carbocycles. The second-order valence-electron chi connectivity index (χ2n) is 6.96. The highest BCUT2D eigenvalue weighted by molar-refractivity contribution is 7.22. The zero-order valence-electron chi connectivity index (χ0n) is 16.5. The van der Waals surface area contributed by atoms with Gasteiger partial charge in [-0.3, -0.25) is 10.1 Å². The van der Waals surface area contributed by atoms with E-state index in [1.807, 2.05) is 42.5 Å². The molecule has 2 heterocycles. The Morgan fingerprint density at radius 3 is 2.80 bits per heavy atom. The number of amides is 1. The molecule has 0 saturated carbocycles. The van der Waals surface area contributed by atoms with Crippen molar-refractivity contribution in [2.45, 2.75) is 26.2 Å². The molecule has 30 heavy (non-hydrogen) atoms. The third kappa shape index (κ3) is 4.99. The summed E-state index contributed by atoms with van der Waals surface area (Å²) >= 11 is 7.40. The predicted molar refractivity (Wildman–Crippen MR) is 125 cm³/mol. The maximum atomic E-state index is 12.3. The zero-order chi connectivity index (χ0) is 20.9. The smallest absolute Gasteiger partial charge is 0.250 e. The summed E-state index contributed by atoms with van der Waals surface area (Å²) in [6, 6.07) is 17.4. The van der Waals surface area contributed by atoms with Gasteiger partial charge in [0, 0.05) is 16.7 Å². The first-order valence-corrected chi connectivity index (χ1v) is 11.0. The molecule has 4 aromatic rings. The van der Waals surface area contributed by atoms with E-state index in [1.54, 1.807) is 6.08 Å². The molecule has 1 amide bonds. The van der Waals surface area contributed by atoms with Gasteiger partial charge in [-0.25, -0.2) is 4.98 Å². The number of aromatic nitrogens is 1. The Bertz CT molecular complexity index is 1190. The van der Waals surface area contributed by atoms with Gasteiger partial charge in [-0.1, -0.05) is 42.3 Å². The summed E-state index contributed by atoms with van der Waals surface area (Å²) in [6.07, 6.45) is 6.50. The average molecular weight is 437 g/mol. The molecule has 2 aromatic heterocycles. The number of anilines is 1. The van der Waals surface area contributed by atoms with Crippen LogP contribution in [0.25, 0.3) is 27.6 Å². The number of unbranched alkanes of at least 4 members (excludes halogenated alkanes) is 1. The van der Waals surface area contributed by atoms with E-state index in [9.17, 15) is 4.79 Å². The highest BCUT2D eigenvalue weighted by atomic mass is 35.5. The van der Waals surface area contributed by atoms with Gasteiger partial charge in [0.15, 0.2) is 5.13 Å². The van der Waals surface area contributed by atoms with Crippen LogP contribution in [0.4, 0.5) is 5.13 Å². The second-order valence-corrected chi connectivity index (χ2v) is 8.42. The van der Waals surface area contributed by atoms with Crippen molar-refractivity contribution in [1.82, 2.24) is 4.98 Å². The summed E-state index contributed by atoms with van der Waals surface area (Å²) in [7, 11) is 0. The third-order valence-electron chi connectivity index (χ3n) is 4.66. The van der Waals surface area contributed by atoms with Crippen LogP contribution in [0.3, 0.4) is 0 Å². The van der Waals surface area contributed by atoms with E-state index in [0.717, 1.165) is 28.0 Å². The molecule has 0 unspecified atom stereocenters. The third-order valence-corrected chi connectivity index (χ3v) is 5.84. The highest BCUT2D eigenvalue weighted by Gasteiger charge is 2.08. The minimum Gasteiger partial charge on any atom is -0.457 e. The second kappa shape index (κ2) is 9.28. The van der Waals surface area contributed by atoms with Gasteiger partial charge in [-0.05, 0) is 73.0 Å². The van der Waals surface area contributed by atoms with E-state index in [-0.39, 0.29) is 5.91 Å². The van der Waals surface area contributed by atoms with Crippen LogP contribution in [0.2, 0.25) is 5.02 Å². The van der Waals surface area contributed by atoms with Crippen molar-refractivity contribution in [2.75, 3.05) is 5.32 Å². The van der Waals surface area contributed by atoms with Crippen molar-refractivity contribution >= 4 is 50.3 Å². The summed E-state index contributed by atoms with van der Waals surface area (Å²) in [4.78, 5) is 16.8. The molecule has 0 spiro atoms. The summed E-state index contributed by atoms with van der Waals surface area (Å²) in [5, 5.41) is 4.10. The number of carbonyl (C=O) groups excluding carboxylic acids is 1. The van der Waals surface area contributed by atoms with Crippen LogP contribution in [0.5, 0.6) is 0 Å². The average Bonchev–Trinajstić information content (AvgIpc) is 3.37. The lowest BCUT2D eigenvalue weighted by molar-refractivity contribution is -0.111. The van der Waals surface area contributed by atoms with Crippen molar-refractivity contribution in [3.8, 4) is 11.3 Å². The van der Waals surface area contributed by atoms with E-state index in [4.69, 9.17) is 16.0 Å². The number of benzene rings is 2. The van der Waals surface area contributed by atoms with Crippen molar-refractivity contribution in [1.29, 1.82) is 0 Å². The van der Waals surface area contributed by atoms with Crippen LogP contribution in [-0.2, 0) is 11.2 Å². The molecule has 0 fully saturated rings. The van der Waals surface area contributed by atoms with Crippen molar-refractivity contribution in [3.05, 3.63) is 77.0 Å². The monoisotopic (exact) mass is 436 g/mol. The minimum absolute atomic E-state index is 0.246. The molecule has 0 aliphatic heterocycles. The first-order chi connectivity index (χ1) is 14.6. The number of hydrogen-bond acceptors (Lipinski definition) is 4. The number of furan rings is 1. The zero-order valence-corrected chi connectivity index (χ0v) is 18.1. The number of rotatable bonds is 7. The van der Waals surface area contributed by atoms with Gasteiger partial charge in [-0.2, -0.15) is 0 Å². The predicted octanol–water partition coefficient (Wildman–Crippen LogP) is 7.20. The van der Waals surface area contributed by atoms with Crippen LogP contribution in [0.1, 0.15) is 31.1 Å². The first kappa shape index (κ1) is 20.4. The molecule has 0 radical (unpaired) electrons. The van der Waals surface area contributed by atoms with Crippen molar-refractivity contribution in [2.24, 2.45) is 0 Å². The number of thiazole rings is 1. The van der Waals surface area contributed by atoms with Crippen molar-refractivity contribution in [3.63, 3.8) is 0 Å². The van der Waals surface area contributed by atoms with Gasteiger partial charge < -0.3 is 4.42 Å². The van der Waals surface area contributed by atoms with E-state index in [0.29, 0.717) is 15.9 Å². The van der Waals surface area contributed by atoms with Crippen LogP contribution in [-0.4, -0.2) is 10.9 Å². The molecule has 0 atom stereocenters. The Labute approximate surface area is 184 Å². The molecule has 6 heteroatoms. The number of aryl methyl sites for hydroxylation is 1. The maximum absolute atomic E-state index is 12.3. The molecule has 0 aliphatic rings. The van der Waals surface area contributed by atoms with Crippen LogP contribution >= 0.6 is 22.9 Å². The molecule has 1 N–H and O–H groups in total. The normalized spacial score (nSPS) is 11.4. The molecule has 2 aromatic carbocycles. The Morgan fingerprint density at radius 2 is 2.00 bits per heavy atom. The standard InChI is InChI=1S/C24H21ClN2O2S/c1-2-3-4-16-5-12-20-22(15-16)30-24(26-20)27-23(28)14-11-19-10-13-21(29-19)17-6-8-18(25)9-7-17/h5-15H,2-4H2,1H3,(H,26,27,28). The quantitative estimate of drug-likeness (QED) is 0.311. The summed E-state index contributed by atoms with van der Waals surface area (Å²) in [5.41, 5.74) is 3.13. The van der Waals surface area contributed by atoms with Gasteiger partial charge in [0.05, 0.1) is 10.2 Å². The fraction of sp³-hybridized carbons (Fsp3) is 0.167. The number of carbonyl (C=O) groups is 1. The lowest BCUT2D eigenvalue weighted by Gasteiger charge is -1.98. The molecular formula is C24H21ClN2O2S. The lowest BCUT2D eigenvalue weighted by Crippen LogP contribution is -2.07. The van der Waals surface area contributed by atoms with E-state index in [1.165, 1.54) is 35.8 Å². The number of halogens is 1. The van der Waals surface area contributed by atoms with Crippen molar-refractivity contribution < 1.29 is 9.21 Å². The Hall–Kier alpha value is -2.89. The summed E-state index contributed by atoms with van der Waals surface area (Å²) in [6.45, 7) is 2.19. The summed E-state index contributed by atoms with van der Waals surface area (Å²) < 4.78 is 6.87. The molecule has 4 nitrogen and oxygen atoms in total. The molecule has 152 valence electrons. The van der Waals surface area contributed by atoms with Gasteiger partial charge >= 0.3 is 0 Å². The van der Waals surface area contributed by atoms with Crippen LogP contribution in [0.15, 0.2) is 65.1 Å². The fourth-order valence-corrected chi connectivity index (χ4v) is 4.13. The maximum Gasteiger partial charge on any atom is 0.250 e. The SMILES string of the molecule is CCCCc1ccc2nc(NC(=O)C=Cc3ccc(-c4ccc(Cl)cc4)o3)sc2c1. The Balaban J connectivity index is 1.40. The van der Waals surface area contributed by atoms with Gasteiger partial charge in [-0.15, -0.1) is 0 Å². The summed E-state index contributed by atoms with van der Waals surface area (Å²) in [5.74, 6) is 1.07. The molecule has 4 rings (SSSR count). The van der Waals surface area contributed by atoms with Crippen LogP contribution in [0, 0.1) is 0 Å². The van der Waals surface area contributed by atoms with Crippen LogP contribution < -0.4 is 5.32 Å². The number of nitrogens with zero attached hydrogens (tertiary/aromatic N) is 1. The first-order valence-electron chi connectivity index (χ1n) is 9.85. The fourth-order valence-electron chi connectivity index (χ4n) is 3.08. The molecule has 0 bridgehead atoms.